The van der Waals surface area contributed by atoms with Gasteiger partial charge in [0.25, 0.3) is 0 Å². The average molecular weight is 290 g/mol. The van der Waals surface area contributed by atoms with Gasteiger partial charge in [0, 0.05) is 0 Å². The van der Waals surface area contributed by atoms with Crippen molar-refractivity contribution in [2.75, 3.05) is 7.11 Å². The molecule has 0 radical (unpaired) electrons. The summed E-state index contributed by atoms with van der Waals surface area (Å²) in [5, 5.41) is 10.6. The van der Waals surface area contributed by atoms with Crippen molar-refractivity contribution in [1.29, 1.82) is 0 Å². The van der Waals surface area contributed by atoms with Crippen LogP contribution in [0.3, 0.4) is 0 Å². The molecule has 0 saturated heterocycles. The van der Waals surface area contributed by atoms with Gasteiger partial charge in [-0.2, -0.15) is 0 Å². The monoisotopic (exact) mass is 290 g/mol. The Labute approximate surface area is 127 Å². The van der Waals surface area contributed by atoms with Gasteiger partial charge in [0.15, 0.2) is 11.5 Å². The fraction of sp³-hybridized carbons (Fsp3) is 0.556. The minimum Gasteiger partial charge on any atom is -0.493 e. The van der Waals surface area contributed by atoms with Gasteiger partial charge < -0.3 is 14.6 Å². The predicted octanol–water partition coefficient (Wildman–Crippen LogP) is 4.26. The van der Waals surface area contributed by atoms with Crippen molar-refractivity contribution in [3.63, 3.8) is 0 Å². The molecule has 1 atom stereocenters. The number of aliphatic hydroxyl groups is 1. The van der Waals surface area contributed by atoms with Gasteiger partial charge in [-0.3, -0.25) is 0 Å². The zero-order valence-electron chi connectivity index (χ0n) is 13.3. The van der Waals surface area contributed by atoms with Crippen LogP contribution in [0.5, 0.6) is 11.5 Å². The first-order chi connectivity index (χ1) is 10.0. The van der Waals surface area contributed by atoms with E-state index in [2.05, 4.69) is 6.58 Å². The van der Waals surface area contributed by atoms with Crippen molar-refractivity contribution >= 4 is 0 Å². The van der Waals surface area contributed by atoms with Crippen molar-refractivity contribution in [3.8, 4) is 11.5 Å². The summed E-state index contributed by atoms with van der Waals surface area (Å²) in [4.78, 5) is 0. The third-order valence-electron chi connectivity index (χ3n) is 4.08. The summed E-state index contributed by atoms with van der Waals surface area (Å²) in [6.45, 7) is 7.99. The molecule has 1 N–H and O–H groups in total. The van der Waals surface area contributed by atoms with Gasteiger partial charge in [0.05, 0.1) is 19.3 Å². The topological polar surface area (TPSA) is 38.7 Å². The Kier molecular flexibility index (Phi) is 5.29. The normalized spacial score (nSPS) is 17.9. The van der Waals surface area contributed by atoms with Crippen molar-refractivity contribution < 1.29 is 14.6 Å². The second-order valence-electron chi connectivity index (χ2n) is 6.11. The van der Waals surface area contributed by atoms with Crippen LogP contribution in [0.15, 0.2) is 30.4 Å². The number of allylic oxidation sites excluding steroid dienone is 1. The summed E-state index contributed by atoms with van der Waals surface area (Å²) in [7, 11) is 1.63. The lowest BCUT2D eigenvalue weighted by molar-refractivity contribution is 0.0913. The molecule has 0 amide bonds. The molecule has 1 aliphatic rings. The van der Waals surface area contributed by atoms with Crippen LogP contribution in [0.2, 0.25) is 0 Å². The summed E-state index contributed by atoms with van der Waals surface area (Å²) >= 11 is 0. The summed E-state index contributed by atoms with van der Waals surface area (Å²) in [6.07, 6.45) is 3.68. The molecule has 0 aliphatic heterocycles. The van der Waals surface area contributed by atoms with Crippen molar-refractivity contribution in [1.82, 2.24) is 0 Å². The second-order valence-corrected chi connectivity index (χ2v) is 6.11. The highest BCUT2D eigenvalue weighted by atomic mass is 16.5. The Morgan fingerprint density at radius 3 is 2.43 bits per heavy atom. The van der Waals surface area contributed by atoms with Crippen LogP contribution in [0.1, 0.15) is 51.2 Å². The Balaban J connectivity index is 2.16. The highest BCUT2D eigenvalue weighted by Gasteiger charge is 2.25. The highest BCUT2D eigenvalue weighted by molar-refractivity contribution is 5.43. The van der Waals surface area contributed by atoms with E-state index in [1.54, 1.807) is 7.11 Å². The second kappa shape index (κ2) is 6.99. The van der Waals surface area contributed by atoms with Crippen molar-refractivity contribution in [3.05, 3.63) is 35.9 Å². The summed E-state index contributed by atoms with van der Waals surface area (Å²) < 4.78 is 11.1. The minimum atomic E-state index is -0.446. The lowest BCUT2D eigenvalue weighted by Gasteiger charge is -2.28. The molecule has 21 heavy (non-hydrogen) atoms. The van der Waals surface area contributed by atoms with Crippen LogP contribution in [0.25, 0.3) is 0 Å². The number of ether oxygens (including phenoxy) is 2. The van der Waals surface area contributed by atoms with Crippen LogP contribution >= 0.6 is 0 Å². The third kappa shape index (κ3) is 4.01. The molecule has 1 aromatic rings. The number of methoxy groups -OCH3 is 1. The zero-order chi connectivity index (χ0) is 15.4. The molecule has 0 heterocycles. The van der Waals surface area contributed by atoms with Gasteiger partial charge in [0.2, 0.25) is 0 Å². The molecule has 0 bridgehead atoms. The molecule has 116 valence electrons. The van der Waals surface area contributed by atoms with Gasteiger partial charge >= 0.3 is 0 Å². The van der Waals surface area contributed by atoms with E-state index in [0.717, 1.165) is 31.2 Å². The first-order valence-electron chi connectivity index (χ1n) is 7.70. The van der Waals surface area contributed by atoms with Crippen LogP contribution in [-0.4, -0.2) is 18.3 Å². The van der Waals surface area contributed by atoms with Gasteiger partial charge in [-0.05, 0) is 63.1 Å². The van der Waals surface area contributed by atoms with Crippen LogP contribution in [-0.2, 0) is 0 Å². The molecule has 1 fully saturated rings. The lowest BCUT2D eigenvalue weighted by Crippen LogP contribution is -2.17. The maximum absolute atomic E-state index is 10.6. The van der Waals surface area contributed by atoms with E-state index in [1.165, 1.54) is 5.57 Å². The fourth-order valence-corrected chi connectivity index (χ4v) is 2.86. The maximum Gasteiger partial charge on any atom is 0.161 e. The number of rotatable bonds is 5. The molecule has 1 aliphatic carbocycles. The SMILES string of the molecule is C=C1CCC(C(O)c2ccc(OC)c(OC(C)C)c2)CC1. The van der Waals surface area contributed by atoms with E-state index in [-0.39, 0.29) is 6.10 Å². The van der Waals surface area contributed by atoms with E-state index >= 15 is 0 Å². The first-order valence-corrected chi connectivity index (χ1v) is 7.70. The van der Waals surface area contributed by atoms with Gasteiger partial charge in [-0.15, -0.1) is 0 Å². The predicted molar refractivity (Wildman–Crippen MR) is 84.8 cm³/mol. The largest absolute Gasteiger partial charge is 0.493 e. The average Bonchev–Trinajstić information content (AvgIpc) is 2.46. The summed E-state index contributed by atoms with van der Waals surface area (Å²) in [5.74, 6) is 1.71. The molecule has 1 aromatic carbocycles. The van der Waals surface area contributed by atoms with E-state index in [0.29, 0.717) is 17.4 Å². The summed E-state index contributed by atoms with van der Waals surface area (Å²) in [6, 6.07) is 5.71. The standard InChI is InChI=1S/C18H26O3/c1-12(2)21-17-11-15(9-10-16(17)20-4)18(19)14-7-5-13(3)6-8-14/h9-12,14,18-19H,3,5-8H2,1-2,4H3. The molecular formula is C18H26O3. The van der Waals surface area contributed by atoms with Crippen LogP contribution in [0.4, 0.5) is 0 Å². The van der Waals surface area contributed by atoms with E-state index in [1.807, 2.05) is 32.0 Å². The summed E-state index contributed by atoms with van der Waals surface area (Å²) in [5.41, 5.74) is 2.21. The molecule has 3 heteroatoms. The van der Waals surface area contributed by atoms with Crippen LogP contribution in [0, 0.1) is 5.92 Å². The van der Waals surface area contributed by atoms with Crippen molar-refractivity contribution in [2.45, 2.75) is 51.7 Å². The third-order valence-corrected chi connectivity index (χ3v) is 4.08. The van der Waals surface area contributed by atoms with Gasteiger partial charge in [0.1, 0.15) is 0 Å². The highest BCUT2D eigenvalue weighted by Crippen LogP contribution is 2.38. The first kappa shape index (κ1) is 15.9. The number of benzene rings is 1. The molecule has 1 unspecified atom stereocenters. The Morgan fingerprint density at radius 2 is 1.86 bits per heavy atom. The Bertz CT molecular complexity index is 483. The van der Waals surface area contributed by atoms with Crippen molar-refractivity contribution in [2.24, 2.45) is 5.92 Å². The maximum atomic E-state index is 10.6. The van der Waals surface area contributed by atoms with E-state index < -0.39 is 6.10 Å². The quantitative estimate of drug-likeness (QED) is 0.823. The fourth-order valence-electron chi connectivity index (χ4n) is 2.86. The molecule has 1 saturated carbocycles. The van der Waals surface area contributed by atoms with E-state index in [9.17, 15) is 5.11 Å². The Morgan fingerprint density at radius 1 is 1.19 bits per heavy atom. The number of aliphatic hydroxyl groups excluding tert-OH is 1. The smallest absolute Gasteiger partial charge is 0.161 e. The Hall–Kier alpha value is -1.48. The number of hydrogen-bond acceptors (Lipinski definition) is 3. The minimum absolute atomic E-state index is 0.0734. The molecule has 0 spiro atoms. The molecule has 2 rings (SSSR count). The molecule has 3 nitrogen and oxygen atoms in total. The molecule has 0 aromatic heterocycles. The number of hydrogen-bond donors (Lipinski definition) is 1. The van der Waals surface area contributed by atoms with Gasteiger partial charge in [-0.1, -0.05) is 18.2 Å². The lowest BCUT2D eigenvalue weighted by atomic mass is 9.81. The molecular weight excluding hydrogens is 264 g/mol. The van der Waals surface area contributed by atoms with Crippen LogP contribution < -0.4 is 9.47 Å². The zero-order valence-corrected chi connectivity index (χ0v) is 13.3. The van der Waals surface area contributed by atoms with E-state index in [4.69, 9.17) is 9.47 Å². The van der Waals surface area contributed by atoms with Gasteiger partial charge in [-0.25, -0.2) is 0 Å².